The summed E-state index contributed by atoms with van der Waals surface area (Å²) in [6, 6.07) is 4.78. The van der Waals surface area contributed by atoms with Gasteiger partial charge in [-0.05, 0) is 31.0 Å². The van der Waals surface area contributed by atoms with Gasteiger partial charge in [0.2, 0.25) is 10.0 Å². The van der Waals surface area contributed by atoms with E-state index in [1.807, 2.05) is 13.8 Å². The molecule has 20 heavy (non-hydrogen) atoms. The molecule has 0 atom stereocenters. The summed E-state index contributed by atoms with van der Waals surface area (Å²) in [6.45, 7) is 8.46. The Kier molecular flexibility index (Phi) is 6.19. The quantitative estimate of drug-likeness (QED) is 0.435. The zero-order chi connectivity index (χ0) is 15.2. The highest BCUT2D eigenvalue weighted by atomic mass is 32.2. The summed E-state index contributed by atoms with van der Waals surface area (Å²) in [5.41, 5.74) is 8.14. The number of sulfonamides is 1. The summed E-state index contributed by atoms with van der Waals surface area (Å²) in [5.74, 6) is 0. The third-order valence-corrected chi connectivity index (χ3v) is 4.15. The Morgan fingerprint density at radius 1 is 1.45 bits per heavy atom. The third-order valence-electron chi connectivity index (χ3n) is 2.70. The maximum atomic E-state index is 12.0. The zero-order valence-corrected chi connectivity index (χ0v) is 12.8. The molecule has 5 nitrogen and oxygen atoms in total. The number of hydrogen-bond acceptors (Lipinski definition) is 4. The van der Waals surface area contributed by atoms with Crippen molar-refractivity contribution < 1.29 is 13.2 Å². The topological polar surface area (TPSA) is 81.4 Å². The number of aryl methyl sites for hydroxylation is 1. The monoisotopic (exact) mass is 298 g/mol. The number of benzene rings is 1. The van der Waals surface area contributed by atoms with E-state index >= 15 is 0 Å². The number of hydrogen-bond donors (Lipinski definition) is 2. The maximum Gasteiger partial charge on any atom is 0.240 e. The van der Waals surface area contributed by atoms with Crippen LogP contribution >= 0.6 is 0 Å². The van der Waals surface area contributed by atoms with Crippen molar-refractivity contribution in [1.29, 1.82) is 0 Å². The van der Waals surface area contributed by atoms with Crippen molar-refractivity contribution in [2.75, 3.05) is 25.5 Å². The Balaban J connectivity index is 2.60. The summed E-state index contributed by atoms with van der Waals surface area (Å²) < 4.78 is 31.8. The van der Waals surface area contributed by atoms with Gasteiger partial charge in [-0.3, -0.25) is 0 Å². The minimum atomic E-state index is -3.54. The average Bonchev–Trinajstić information content (AvgIpc) is 2.37. The van der Waals surface area contributed by atoms with Crippen LogP contribution in [0.1, 0.15) is 19.4 Å². The lowest BCUT2D eigenvalue weighted by atomic mass is 10.1. The SMILES string of the molecule is C=C(C)COCCNS(=O)(=O)c1ccc(CC)c(N)c1. The average molecular weight is 298 g/mol. The molecule has 112 valence electrons. The molecule has 0 saturated carbocycles. The molecule has 0 spiro atoms. The van der Waals surface area contributed by atoms with Gasteiger partial charge >= 0.3 is 0 Å². The first-order valence-electron chi connectivity index (χ1n) is 6.47. The van der Waals surface area contributed by atoms with Gasteiger partial charge in [0.05, 0.1) is 18.1 Å². The molecular weight excluding hydrogens is 276 g/mol. The van der Waals surface area contributed by atoms with Crippen LogP contribution in [0.25, 0.3) is 0 Å². The van der Waals surface area contributed by atoms with Crippen molar-refractivity contribution in [2.24, 2.45) is 0 Å². The van der Waals surface area contributed by atoms with Crippen LogP contribution in [-0.4, -0.2) is 28.2 Å². The van der Waals surface area contributed by atoms with E-state index in [0.717, 1.165) is 17.6 Å². The van der Waals surface area contributed by atoms with E-state index in [1.54, 1.807) is 12.1 Å². The Labute approximate surface area is 120 Å². The van der Waals surface area contributed by atoms with Crippen molar-refractivity contribution in [3.05, 3.63) is 35.9 Å². The Morgan fingerprint density at radius 3 is 2.70 bits per heavy atom. The van der Waals surface area contributed by atoms with E-state index in [-0.39, 0.29) is 11.4 Å². The molecule has 1 aromatic rings. The van der Waals surface area contributed by atoms with Crippen molar-refractivity contribution in [1.82, 2.24) is 4.72 Å². The van der Waals surface area contributed by atoms with Crippen molar-refractivity contribution in [3.8, 4) is 0 Å². The second-order valence-electron chi connectivity index (χ2n) is 4.62. The fourth-order valence-electron chi connectivity index (χ4n) is 1.64. The highest BCUT2D eigenvalue weighted by Crippen LogP contribution is 2.18. The van der Waals surface area contributed by atoms with Gasteiger partial charge in [0.25, 0.3) is 0 Å². The minimum absolute atomic E-state index is 0.173. The van der Waals surface area contributed by atoms with E-state index in [0.29, 0.717) is 18.9 Å². The molecule has 0 aliphatic rings. The second kappa shape index (κ2) is 7.42. The Bertz CT molecular complexity index is 568. The zero-order valence-electron chi connectivity index (χ0n) is 12.0. The Hall–Kier alpha value is -1.37. The lowest BCUT2D eigenvalue weighted by Crippen LogP contribution is -2.27. The molecule has 6 heteroatoms. The second-order valence-corrected chi connectivity index (χ2v) is 6.39. The van der Waals surface area contributed by atoms with Crippen LogP contribution in [-0.2, 0) is 21.2 Å². The normalized spacial score (nSPS) is 11.5. The third kappa shape index (κ3) is 4.96. The van der Waals surface area contributed by atoms with Gasteiger partial charge in [-0.15, -0.1) is 0 Å². The van der Waals surface area contributed by atoms with E-state index in [4.69, 9.17) is 10.5 Å². The van der Waals surface area contributed by atoms with Crippen molar-refractivity contribution in [3.63, 3.8) is 0 Å². The molecule has 0 aromatic heterocycles. The predicted octanol–water partition coefficient (Wildman–Crippen LogP) is 1.70. The summed E-state index contributed by atoms with van der Waals surface area (Å²) in [5, 5.41) is 0. The van der Waals surface area contributed by atoms with Crippen LogP contribution in [0, 0.1) is 0 Å². The van der Waals surface area contributed by atoms with Gasteiger partial charge in [0, 0.05) is 12.2 Å². The van der Waals surface area contributed by atoms with Gasteiger partial charge in [0.15, 0.2) is 0 Å². The molecule has 0 radical (unpaired) electrons. The highest BCUT2D eigenvalue weighted by molar-refractivity contribution is 7.89. The molecule has 0 amide bonds. The molecule has 1 aromatic carbocycles. The molecule has 0 saturated heterocycles. The summed E-state index contributed by atoms with van der Waals surface area (Å²) in [4.78, 5) is 0.173. The number of rotatable bonds is 8. The van der Waals surface area contributed by atoms with E-state index in [9.17, 15) is 8.42 Å². The van der Waals surface area contributed by atoms with Crippen LogP contribution in [0.3, 0.4) is 0 Å². The predicted molar refractivity (Wildman–Crippen MR) is 81.1 cm³/mol. The summed E-state index contributed by atoms with van der Waals surface area (Å²) in [6.07, 6.45) is 0.772. The molecule has 0 bridgehead atoms. The molecule has 0 heterocycles. The molecule has 0 fully saturated rings. The van der Waals surface area contributed by atoms with Gasteiger partial charge < -0.3 is 10.5 Å². The van der Waals surface area contributed by atoms with Crippen molar-refractivity contribution in [2.45, 2.75) is 25.2 Å². The van der Waals surface area contributed by atoms with E-state index in [1.165, 1.54) is 6.07 Å². The van der Waals surface area contributed by atoms with Crippen LogP contribution in [0.2, 0.25) is 0 Å². The molecule has 3 N–H and O–H groups in total. The standard InChI is InChI=1S/C14H22N2O3S/c1-4-12-5-6-13(9-14(12)15)20(17,18)16-7-8-19-10-11(2)3/h5-6,9,16H,2,4,7-8,10,15H2,1,3H3. The molecular formula is C14H22N2O3S. The smallest absolute Gasteiger partial charge is 0.240 e. The van der Waals surface area contributed by atoms with Gasteiger partial charge in [-0.25, -0.2) is 13.1 Å². The van der Waals surface area contributed by atoms with Crippen LogP contribution < -0.4 is 10.5 Å². The van der Waals surface area contributed by atoms with E-state index < -0.39 is 10.0 Å². The fourth-order valence-corrected chi connectivity index (χ4v) is 2.69. The first kappa shape index (κ1) is 16.7. The molecule has 0 unspecified atom stereocenters. The summed E-state index contributed by atoms with van der Waals surface area (Å²) >= 11 is 0. The van der Waals surface area contributed by atoms with Gasteiger partial charge in [-0.1, -0.05) is 25.1 Å². The maximum absolute atomic E-state index is 12.0. The van der Waals surface area contributed by atoms with E-state index in [2.05, 4.69) is 11.3 Å². The molecule has 1 rings (SSSR count). The minimum Gasteiger partial charge on any atom is -0.398 e. The number of nitrogens with two attached hydrogens (primary N) is 1. The van der Waals surface area contributed by atoms with Gasteiger partial charge in [0.1, 0.15) is 0 Å². The lowest BCUT2D eigenvalue weighted by molar-refractivity contribution is 0.162. The number of nitrogen functional groups attached to an aromatic ring is 1. The molecule has 0 aliphatic heterocycles. The van der Waals surface area contributed by atoms with Crippen LogP contribution in [0.15, 0.2) is 35.2 Å². The largest absolute Gasteiger partial charge is 0.398 e. The van der Waals surface area contributed by atoms with Crippen molar-refractivity contribution >= 4 is 15.7 Å². The number of ether oxygens (including phenoxy) is 1. The highest BCUT2D eigenvalue weighted by Gasteiger charge is 2.14. The fraction of sp³-hybridized carbons (Fsp3) is 0.429. The summed E-state index contributed by atoms with van der Waals surface area (Å²) in [7, 11) is -3.54. The van der Waals surface area contributed by atoms with Gasteiger partial charge in [-0.2, -0.15) is 0 Å². The number of nitrogens with one attached hydrogen (secondary N) is 1. The van der Waals surface area contributed by atoms with Crippen LogP contribution in [0.5, 0.6) is 0 Å². The molecule has 0 aliphatic carbocycles. The van der Waals surface area contributed by atoms with Crippen LogP contribution in [0.4, 0.5) is 5.69 Å². The lowest BCUT2D eigenvalue weighted by Gasteiger charge is -2.09. The first-order chi connectivity index (χ1) is 9.36. The Morgan fingerprint density at radius 2 is 2.15 bits per heavy atom. The first-order valence-corrected chi connectivity index (χ1v) is 7.95. The number of anilines is 1.